The standard InChI is InChI=1S/C19H19N3O4S/c1-13(18(24)22(2)11-4-10-20)26-19(25)14-6-8-15(9-7-14)21-17(23)16-5-3-12-27-16/h3,5-9,12-13H,4,11H2,1-2H3,(H,21,23)/t13-/m1/s1. The number of anilines is 1. The number of nitrogens with zero attached hydrogens (tertiary/aromatic N) is 2. The first kappa shape index (κ1) is 20.1. The number of nitrogens with one attached hydrogen (secondary N) is 1. The van der Waals surface area contributed by atoms with Gasteiger partial charge < -0.3 is 15.0 Å². The van der Waals surface area contributed by atoms with Gasteiger partial charge in [-0.2, -0.15) is 5.26 Å². The van der Waals surface area contributed by atoms with Gasteiger partial charge in [0, 0.05) is 19.3 Å². The number of thiophene rings is 1. The molecule has 1 heterocycles. The van der Waals surface area contributed by atoms with Crippen LogP contribution in [0.5, 0.6) is 0 Å². The minimum Gasteiger partial charge on any atom is -0.449 e. The van der Waals surface area contributed by atoms with Crippen molar-refractivity contribution in [3.63, 3.8) is 0 Å². The SMILES string of the molecule is C[C@@H](OC(=O)c1ccc(NC(=O)c2cccs2)cc1)C(=O)N(C)CCC#N. The molecule has 1 atom stereocenters. The molecule has 0 radical (unpaired) electrons. The Kier molecular flexibility index (Phi) is 7.08. The molecule has 7 nitrogen and oxygen atoms in total. The van der Waals surface area contributed by atoms with Gasteiger partial charge in [-0.25, -0.2) is 4.79 Å². The van der Waals surface area contributed by atoms with Crippen LogP contribution in [-0.2, 0) is 9.53 Å². The number of amides is 2. The summed E-state index contributed by atoms with van der Waals surface area (Å²) in [7, 11) is 1.55. The summed E-state index contributed by atoms with van der Waals surface area (Å²) in [6.07, 6.45) is -0.749. The average Bonchev–Trinajstić information content (AvgIpc) is 3.20. The van der Waals surface area contributed by atoms with E-state index in [9.17, 15) is 14.4 Å². The Morgan fingerprint density at radius 2 is 1.96 bits per heavy atom. The van der Waals surface area contributed by atoms with Gasteiger partial charge in [-0.3, -0.25) is 9.59 Å². The van der Waals surface area contributed by atoms with Crippen LogP contribution in [0.1, 0.15) is 33.4 Å². The fourth-order valence-electron chi connectivity index (χ4n) is 2.21. The van der Waals surface area contributed by atoms with E-state index in [1.165, 1.54) is 35.3 Å². The maximum absolute atomic E-state index is 12.2. The van der Waals surface area contributed by atoms with Crippen molar-refractivity contribution < 1.29 is 19.1 Å². The fourth-order valence-corrected chi connectivity index (χ4v) is 2.83. The lowest BCUT2D eigenvalue weighted by atomic mass is 10.2. The molecule has 8 heteroatoms. The first-order valence-electron chi connectivity index (χ1n) is 8.20. The van der Waals surface area contributed by atoms with Crippen molar-refractivity contribution in [1.29, 1.82) is 5.26 Å². The largest absolute Gasteiger partial charge is 0.449 e. The number of nitriles is 1. The molecule has 2 amide bonds. The summed E-state index contributed by atoms with van der Waals surface area (Å²) < 4.78 is 5.18. The van der Waals surface area contributed by atoms with E-state index in [0.29, 0.717) is 10.6 Å². The summed E-state index contributed by atoms with van der Waals surface area (Å²) in [6, 6.07) is 11.7. The van der Waals surface area contributed by atoms with Crippen molar-refractivity contribution in [3.05, 3.63) is 52.2 Å². The molecule has 1 N–H and O–H groups in total. The minimum atomic E-state index is -0.959. The zero-order valence-electron chi connectivity index (χ0n) is 15.0. The van der Waals surface area contributed by atoms with E-state index in [0.717, 1.165) is 0 Å². The summed E-state index contributed by atoms with van der Waals surface area (Å²) >= 11 is 1.34. The number of rotatable bonds is 7. The number of hydrogen-bond acceptors (Lipinski definition) is 6. The average molecular weight is 385 g/mol. The summed E-state index contributed by atoms with van der Waals surface area (Å²) in [5.41, 5.74) is 0.814. The van der Waals surface area contributed by atoms with E-state index in [1.807, 2.05) is 11.4 Å². The maximum Gasteiger partial charge on any atom is 0.338 e. The Morgan fingerprint density at radius 3 is 2.56 bits per heavy atom. The van der Waals surface area contributed by atoms with Crippen molar-refractivity contribution >= 4 is 34.8 Å². The molecule has 0 aliphatic rings. The molecular formula is C19H19N3O4S. The summed E-state index contributed by atoms with van der Waals surface area (Å²) in [6.45, 7) is 1.76. The molecule has 27 heavy (non-hydrogen) atoms. The van der Waals surface area contributed by atoms with Crippen LogP contribution < -0.4 is 5.32 Å². The zero-order valence-corrected chi connectivity index (χ0v) is 15.8. The van der Waals surface area contributed by atoms with Crippen LogP contribution in [0, 0.1) is 11.3 Å². The summed E-state index contributed by atoms with van der Waals surface area (Å²) in [5.74, 6) is -1.24. The van der Waals surface area contributed by atoms with Gasteiger partial charge in [0.25, 0.3) is 11.8 Å². The van der Waals surface area contributed by atoms with Crippen LogP contribution in [0.25, 0.3) is 0 Å². The molecule has 140 valence electrons. The van der Waals surface area contributed by atoms with Crippen molar-refractivity contribution in [3.8, 4) is 6.07 Å². The van der Waals surface area contributed by atoms with Crippen LogP contribution in [0.2, 0.25) is 0 Å². The van der Waals surface area contributed by atoms with Gasteiger partial charge in [-0.15, -0.1) is 11.3 Å². The number of ether oxygens (including phenoxy) is 1. The first-order chi connectivity index (χ1) is 12.9. The van der Waals surface area contributed by atoms with Crippen LogP contribution >= 0.6 is 11.3 Å². The molecule has 0 saturated heterocycles. The van der Waals surface area contributed by atoms with E-state index >= 15 is 0 Å². The lowest BCUT2D eigenvalue weighted by Gasteiger charge is -2.20. The van der Waals surface area contributed by atoms with E-state index in [2.05, 4.69) is 5.32 Å². The van der Waals surface area contributed by atoms with Crippen molar-refractivity contribution in [2.45, 2.75) is 19.4 Å². The minimum absolute atomic E-state index is 0.210. The Hall–Kier alpha value is -3.18. The number of carbonyl (C=O) groups is 3. The lowest BCUT2D eigenvalue weighted by Crippen LogP contribution is -2.37. The smallest absolute Gasteiger partial charge is 0.338 e. The molecule has 0 bridgehead atoms. The van der Waals surface area contributed by atoms with Crippen LogP contribution in [0.3, 0.4) is 0 Å². The number of likely N-dealkylation sites (N-methyl/N-ethyl adjacent to an activating group) is 1. The van der Waals surface area contributed by atoms with E-state index in [-0.39, 0.29) is 30.3 Å². The van der Waals surface area contributed by atoms with Gasteiger partial charge in [0.1, 0.15) is 0 Å². The maximum atomic E-state index is 12.2. The van der Waals surface area contributed by atoms with Gasteiger partial charge in [-0.1, -0.05) is 6.07 Å². The molecule has 0 aliphatic carbocycles. The Labute approximate surface area is 161 Å². The highest BCUT2D eigenvalue weighted by Crippen LogP contribution is 2.15. The topological polar surface area (TPSA) is 99.5 Å². The molecule has 1 aromatic carbocycles. The van der Waals surface area contributed by atoms with Gasteiger partial charge in [-0.05, 0) is 42.6 Å². The quantitative estimate of drug-likeness (QED) is 0.739. The van der Waals surface area contributed by atoms with Gasteiger partial charge in [0.2, 0.25) is 0 Å². The second-order valence-electron chi connectivity index (χ2n) is 5.72. The third-order valence-corrected chi connectivity index (χ3v) is 4.56. The predicted molar refractivity (Wildman–Crippen MR) is 101 cm³/mol. The van der Waals surface area contributed by atoms with Crippen molar-refractivity contribution in [2.75, 3.05) is 18.9 Å². The molecule has 0 aliphatic heterocycles. The molecule has 1 aromatic heterocycles. The second-order valence-corrected chi connectivity index (χ2v) is 6.67. The molecular weight excluding hydrogens is 366 g/mol. The first-order valence-corrected chi connectivity index (χ1v) is 9.08. The number of carbonyl (C=O) groups excluding carboxylic acids is 3. The van der Waals surface area contributed by atoms with Gasteiger partial charge in [0.05, 0.1) is 22.9 Å². The molecule has 0 saturated carbocycles. The number of hydrogen-bond donors (Lipinski definition) is 1. The number of benzene rings is 1. The third kappa shape index (κ3) is 5.66. The monoisotopic (exact) mass is 385 g/mol. The zero-order chi connectivity index (χ0) is 19.8. The van der Waals surface area contributed by atoms with Gasteiger partial charge in [0.15, 0.2) is 6.10 Å². The summed E-state index contributed by atoms with van der Waals surface area (Å²) in [4.78, 5) is 38.2. The highest BCUT2D eigenvalue weighted by molar-refractivity contribution is 7.12. The second kappa shape index (κ2) is 9.50. The van der Waals surface area contributed by atoms with Crippen LogP contribution in [0.4, 0.5) is 5.69 Å². The highest BCUT2D eigenvalue weighted by Gasteiger charge is 2.22. The molecule has 0 fully saturated rings. The van der Waals surface area contributed by atoms with Crippen molar-refractivity contribution in [1.82, 2.24) is 4.90 Å². The normalized spacial score (nSPS) is 11.1. The van der Waals surface area contributed by atoms with E-state index in [4.69, 9.17) is 10.00 Å². The molecule has 0 unspecified atom stereocenters. The Balaban J connectivity index is 1.92. The predicted octanol–water partition coefficient (Wildman–Crippen LogP) is 2.92. The summed E-state index contributed by atoms with van der Waals surface area (Å²) in [5, 5.41) is 13.1. The van der Waals surface area contributed by atoms with Gasteiger partial charge >= 0.3 is 5.97 Å². The Bertz CT molecular complexity index is 841. The Morgan fingerprint density at radius 1 is 1.26 bits per heavy atom. The lowest BCUT2D eigenvalue weighted by molar-refractivity contribution is -0.138. The third-order valence-electron chi connectivity index (χ3n) is 3.69. The van der Waals surface area contributed by atoms with E-state index in [1.54, 1.807) is 31.3 Å². The highest BCUT2D eigenvalue weighted by atomic mass is 32.1. The van der Waals surface area contributed by atoms with E-state index < -0.39 is 12.1 Å². The molecule has 2 aromatic rings. The molecule has 0 spiro atoms. The van der Waals surface area contributed by atoms with Crippen LogP contribution in [0.15, 0.2) is 41.8 Å². The fraction of sp³-hybridized carbons (Fsp3) is 0.263. The van der Waals surface area contributed by atoms with Crippen LogP contribution in [-0.4, -0.2) is 42.4 Å². The van der Waals surface area contributed by atoms with Crippen molar-refractivity contribution in [2.24, 2.45) is 0 Å². The molecule has 2 rings (SSSR count). The number of esters is 1.